The van der Waals surface area contributed by atoms with Crippen LogP contribution in [-0.2, 0) is 9.53 Å². The fraction of sp³-hybridized carbons (Fsp3) is 0.129. The van der Waals surface area contributed by atoms with Crippen molar-refractivity contribution in [1.82, 2.24) is 4.57 Å². The van der Waals surface area contributed by atoms with E-state index in [1.165, 1.54) is 11.3 Å². The van der Waals surface area contributed by atoms with E-state index in [1.807, 2.05) is 42.5 Å². The number of thiazole rings is 1. The first-order valence-corrected chi connectivity index (χ1v) is 14.2. The lowest BCUT2D eigenvalue weighted by molar-refractivity contribution is -0.139. The van der Waals surface area contributed by atoms with Gasteiger partial charge >= 0.3 is 5.97 Å². The zero-order chi connectivity index (χ0) is 28.0. The number of fused-ring (bicyclic) bond motifs is 2. The molecule has 1 aliphatic rings. The number of hydrogen-bond acceptors (Lipinski definition) is 6. The zero-order valence-corrected chi connectivity index (χ0v) is 23.8. The van der Waals surface area contributed by atoms with E-state index in [4.69, 9.17) is 32.4 Å². The number of carbonyl (C=O) groups is 1. The molecule has 3 heterocycles. The first-order chi connectivity index (χ1) is 19.4. The molecule has 0 saturated heterocycles. The summed E-state index contributed by atoms with van der Waals surface area (Å²) in [6.07, 6.45) is 1.68. The van der Waals surface area contributed by atoms with Gasteiger partial charge in [0.1, 0.15) is 11.5 Å². The molecule has 0 spiro atoms. The van der Waals surface area contributed by atoms with Gasteiger partial charge < -0.3 is 9.15 Å². The smallest absolute Gasteiger partial charge is 0.338 e. The van der Waals surface area contributed by atoms with Gasteiger partial charge in [-0.3, -0.25) is 9.36 Å². The third-order valence-corrected chi connectivity index (χ3v) is 8.26. The minimum absolute atomic E-state index is 0.209. The van der Waals surface area contributed by atoms with Crippen molar-refractivity contribution in [3.8, 4) is 11.3 Å². The van der Waals surface area contributed by atoms with Crippen molar-refractivity contribution in [3.05, 3.63) is 125 Å². The van der Waals surface area contributed by atoms with Gasteiger partial charge in [-0.05, 0) is 60.5 Å². The fourth-order valence-electron chi connectivity index (χ4n) is 4.97. The minimum atomic E-state index is -0.705. The van der Waals surface area contributed by atoms with Gasteiger partial charge in [0.05, 0.1) is 33.5 Å². The van der Waals surface area contributed by atoms with Crippen molar-refractivity contribution in [3.63, 3.8) is 0 Å². The Labute approximate surface area is 243 Å². The molecule has 9 heteroatoms. The van der Waals surface area contributed by atoms with Crippen molar-refractivity contribution in [2.45, 2.75) is 19.9 Å². The summed E-state index contributed by atoms with van der Waals surface area (Å²) in [4.78, 5) is 32.4. The Hall–Kier alpha value is -3.91. The summed E-state index contributed by atoms with van der Waals surface area (Å²) in [5.41, 5.74) is 2.09. The molecule has 6 nitrogen and oxygen atoms in total. The van der Waals surface area contributed by atoms with Crippen LogP contribution in [0, 0.1) is 0 Å². The average Bonchev–Trinajstić information content (AvgIpc) is 3.51. The van der Waals surface area contributed by atoms with Gasteiger partial charge in [0.25, 0.3) is 5.56 Å². The highest BCUT2D eigenvalue weighted by Crippen LogP contribution is 2.35. The molecule has 6 rings (SSSR count). The molecule has 200 valence electrons. The Bertz CT molecular complexity index is 2010. The van der Waals surface area contributed by atoms with E-state index in [0.717, 1.165) is 16.3 Å². The number of hydrogen-bond donors (Lipinski definition) is 0. The molecule has 1 atom stereocenters. The molecule has 0 fully saturated rings. The van der Waals surface area contributed by atoms with Crippen molar-refractivity contribution in [2.75, 3.05) is 6.61 Å². The van der Waals surface area contributed by atoms with Gasteiger partial charge in [-0.15, -0.1) is 0 Å². The molecular formula is C31H22Cl2N2O4S. The fourth-order valence-corrected chi connectivity index (χ4v) is 6.50. The maximum atomic E-state index is 14.0. The number of esters is 1. The highest BCUT2D eigenvalue weighted by Gasteiger charge is 2.34. The van der Waals surface area contributed by atoms with E-state index in [9.17, 15) is 9.59 Å². The van der Waals surface area contributed by atoms with Crippen LogP contribution in [0.2, 0.25) is 10.0 Å². The van der Waals surface area contributed by atoms with E-state index >= 15 is 0 Å². The molecular weight excluding hydrogens is 567 g/mol. The van der Waals surface area contributed by atoms with E-state index in [2.05, 4.69) is 4.99 Å². The second-order valence-corrected chi connectivity index (χ2v) is 11.0. The first kappa shape index (κ1) is 26.3. The topological polar surface area (TPSA) is 73.8 Å². The highest BCUT2D eigenvalue weighted by atomic mass is 35.5. The number of aromatic nitrogens is 1. The van der Waals surface area contributed by atoms with E-state index in [0.29, 0.717) is 47.7 Å². The predicted molar refractivity (Wildman–Crippen MR) is 159 cm³/mol. The third-order valence-electron chi connectivity index (χ3n) is 6.73. The van der Waals surface area contributed by atoms with Crippen LogP contribution in [0.5, 0.6) is 0 Å². The van der Waals surface area contributed by atoms with Crippen molar-refractivity contribution in [1.29, 1.82) is 0 Å². The number of carbonyl (C=O) groups excluding carboxylic acids is 1. The molecule has 0 aliphatic carbocycles. The Morgan fingerprint density at radius 2 is 1.90 bits per heavy atom. The molecule has 0 radical (unpaired) electrons. The number of allylic oxidation sites excluding steroid dienone is 1. The second-order valence-electron chi connectivity index (χ2n) is 9.20. The van der Waals surface area contributed by atoms with E-state index in [-0.39, 0.29) is 12.2 Å². The summed E-state index contributed by atoms with van der Waals surface area (Å²) >= 11 is 13.6. The second kappa shape index (κ2) is 10.6. The highest BCUT2D eigenvalue weighted by molar-refractivity contribution is 7.07. The monoisotopic (exact) mass is 588 g/mol. The molecule has 2 aromatic heterocycles. The Balaban J connectivity index is 1.53. The largest absolute Gasteiger partial charge is 0.463 e. The molecule has 1 aliphatic heterocycles. The average molecular weight is 590 g/mol. The molecule has 0 saturated carbocycles. The molecule has 0 unspecified atom stereocenters. The Kier molecular flexibility index (Phi) is 6.96. The summed E-state index contributed by atoms with van der Waals surface area (Å²) in [6, 6.07) is 21.8. The van der Waals surface area contributed by atoms with Gasteiger partial charge in [-0.2, -0.15) is 0 Å². The van der Waals surface area contributed by atoms with Crippen LogP contribution >= 0.6 is 34.5 Å². The molecule has 0 N–H and O–H groups in total. The first-order valence-electron chi connectivity index (χ1n) is 12.6. The maximum absolute atomic E-state index is 14.0. The lowest BCUT2D eigenvalue weighted by atomic mass is 9.91. The normalized spacial score (nSPS) is 15.3. The lowest BCUT2D eigenvalue weighted by Crippen LogP contribution is -2.40. The summed E-state index contributed by atoms with van der Waals surface area (Å²) in [6.45, 7) is 3.74. The zero-order valence-electron chi connectivity index (χ0n) is 21.5. The summed E-state index contributed by atoms with van der Waals surface area (Å²) in [5.74, 6) is 0.538. The summed E-state index contributed by atoms with van der Waals surface area (Å²) < 4.78 is 13.4. The quantitative estimate of drug-likeness (QED) is 0.219. The van der Waals surface area contributed by atoms with Gasteiger partial charge in [0.15, 0.2) is 4.80 Å². The minimum Gasteiger partial charge on any atom is -0.463 e. The Morgan fingerprint density at radius 1 is 1.10 bits per heavy atom. The van der Waals surface area contributed by atoms with Gasteiger partial charge in [0, 0.05) is 16.7 Å². The molecule has 0 bridgehead atoms. The van der Waals surface area contributed by atoms with Crippen LogP contribution in [0.15, 0.2) is 98.3 Å². The van der Waals surface area contributed by atoms with Gasteiger partial charge in [0.2, 0.25) is 0 Å². The third kappa shape index (κ3) is 4.60. The number of ether oxygens (including phenoxy) is 1. The van der Waals surface area contributed by atoms with Crippen LogP contribution in [-0.4, -0.2) is 17.1 Å². The molecule has 0 amide bonds. The van der Waals surface area contributed by atoms with Gasteiger partial charge in [-0.1, -0.05) is 77.0 Å². The van der Waals surface area contributed by atoms with Crippen LogP contribution < -0.4 is 14.9 Å². The predicted octanol–water partition coefficient (Wildman–Crippen LogP) is 6.52. The number of benzene rings is 3. The van der Waals surface area contributed by atoms with Crippen molar-refractivity contribution < 1.29 is 13.9 Å². The SMILES string of the molecule is CCOC(=O)C1=C(C)N=c2s/c(=C/c3ccc(-c4ccc(Cl)cc4Cl)o3)c(=O)n2[C@@H]1c1cccc2ccccc12. The Morgan fingerprint density at radius 3 is 2.70 bits per heavy atom. The summed E-state index contributed by atoms with van der Waals surface area (Å²) in [5, 5.41) is 2.94. The van der Waals surface area contributed by atoms with E-state index < -0.39 is 12.0 Å². The number of rotatable bonds is 5. The number of furan rings is 1. The maximum Gasteiger partial charge on any atom is 0.338 e. The van der Waals surface area contributed by atoms with Crippen molar-refractivity contribution >= 4 is 57.4 Å². The van der Waals surface area contributed by atoms with E-state index in [1.54, 1.807) is 54.8 Å². The standard InChI is InChI=1S/C31H22Cl2N2O4S/c1-3-38-30(37)27-17(2)34-31-35(28(27)22-10-6-8-18-7-4-5-9-21(18)22)29(36)26(40-31)16-20-12-14-25(39-20)23-13-11-19(32)15-24(23)33/h4-16,28H,3H2,1-2H3/b26-16+/t28-/m1/s1. The van der Waals surface area contributed by atoms with Crippen LogP contribution in [0.3, 0.4) is 0 Å². The summed E-state index contributed by atoms with van der Waals surface area (Å²) in [7, 11) is 0. The van der Waals surface area contributed by atoms with Crippen LogP contribution in [0.25, 0.3) is 28.2 Å². The van der Waals surface area contributed by atoms with Crippen LogP contribution in [0.1, 0.15) is 31.2 Å². The molecule has 40 heavy (non-hydrogen) atoms. The molecule has 3 aromatic carbocycles. The number of halogens is 2. The van der Waals surface area contributed by atoms with Gasteiger partial charge in [-0.25, -0.2) is 9.79 Å². The number of nitrogens with zero attached hydrogens (tertiary/aromatic N) is 2. The molecule has 5 aromatic rings. The van der Waals surface area contributed by atoms with Crippen molar-refractivity contribution in [2.24, 2.45) is 4.99 Å². The lowest BCUT2D eigenvalue weighted by Gasteiger charge is -2.25. The van der Waals surface area contributed by atoms with Crippen LogP contribution in [0.4, 0.5) is 0 Å².